The molecular weight excluding hydrogens is 392 g/mol. The van der Waals surface area contributed by atoms with Crippen LogP contribution in [0.3, 0.4) is 0 Å². The Balaban J connectivity index is 1.26. The average Bonchev–Trinajstić information content (AvgIpc) is 3.53. The number of rotatable bonds is 9. The summed E-state index contributed by atoms with van der Waals surface area (Å²) in [6, 6.07) is 8.60. The standard InChI is InChI=1S/C24H36N4O3/c1-25-24(26-11-5-14-30-17-19-10-15-31-18-19)28-16-20(21-6-2-3-7-22(21)28)9-13-27-12-4-8-23(27)29/h2-3,6-7,19-20H,4-5,8-18H2,1H3,(H,25,26). The van der Waals surface area contributed by atoms with E-state index >= 15 is 0 Å². The highest BCUT2D eigenvalue weighted by Crippen LogP contribution is 2.38. The molecule has 1 aromatic rings. The number of nitrogens with zero attached hydrogens (tertiary/aromatic N) is 3. The number of fused-ring (bicyclic) bond motifs is 1. The van der Waals surface area contributed by atoms with Crippen molar-refractivity contribution in [2.24, 2.45) is 10.9 Å². The van der Waals surface area contributed by atoms with Crippen LogP contribution in [-0.4, -0.2) is 76.4 Å². The molecule has 0 saturated carbocycles. The summed E-state index contributed by atoms with van der Waals surface area (Å²) in [5, 5.41) is 3.51. The molecule has 2 saturated heterocycles. The lowest BCUT2D eigenvalue weighted by Crippen LogP contribution is -2.41. The van der Waals surface area contributed by atoms with E-state index in [1.807, 2.05) is 11.9 Å². The van der Waals surface area contributed by atoms with Gasteiger partial charge in [0.05, 0.1) is 13.2 Å². The van der Waals surface area contributed by atoms with Gasteiger partial charge in [0, 0.05) is 70.4 Å². The molecule has 2 unspecified atom stereocenters. The molecule has 0 spiro atoms. The lowest BCUT2D eigenvalue weighted by Gasteiger charge is -2.23. The molecular formula is C24H36N4O3. The largest absolute Gasteiger partial charge is 0.381 e. The monoisotopic (exact) mass is 428 g/mol. The Morgan fingerprint density at radius 3 is 3.03 bits per heavy atom. The first-order valence-corrected chi connectivity index (χ1v) is 11.8. The van der Waals surface area contributed by atoms with Crippen LogP contribution in [0.15, 0.2) is 29.3 Å². The van der Waals surface area contributed by atoms with Crippen molar-refractivity contribution < 1.29 is 14.3 Å². The van der Waals surface area contributed by atoms with E-state index < -0.39 is 0 Å². The maximum atomic E-state index is 12.0. The molecule has 3 aliphatic heterocycles. The Hall–Kier alpha value is -2.12. The van der Waals surface area contributed by atoms with Gasteiger partial charge in [-0.2, -0.15) is 0 Å². The maximum absolute atomic E-state index is 12.0. The zero-order valence-electron chi connectivity index (χ0n) is 18.7. The molecule has 7 heteroatoms. The van der Waals surface area contributed by atoms with Crippen LogP contribution >= 0.6 is 0 Å². The molecule has 1 N–H and O–H groups in total. The molecule has 3 aliphatic rings. The number of hydrogen-bond acceptors (Lipinski definition) is 4. The minimum atomic E-state index is 0.309. The molecule has 1 aromatic carbocycles. The topological polar surface area (TPSA) is 66.4 Å². The lowest BCUT2D eigenvalue weighted by atomic mass is 9.98. The molecule has 1 amide bonds. The van der Waals surface area contributed by atoms with Crippen molar-refractivity contribution in [1.29, 1.82) is 0 Å². The van der Waals surface area contributed by atoms with Crippen LogP contribution < -0.4 is 10.2 Å². The smallest absolute Gasteiger partial charge is 0.222 e. The van der Waals surface area contributed by atoms with Gasteiger partial charge < -0.3 is 24.6 Å². The Morgan fingerprint density at radius 2 is 2.26 bits per heavy atom. The number of carbonyl (C=O) groups is 1. The molecule has 2 fully saturated rings. The number of aliphatic imine (C=N–C) groups is 1. The summed E-state index contributed by atoms with van der Waals surface area (Å²) >= 11 is 0. The summed E-state index contributed by atoms with van der Waals surface area (Å²) in [5.41, 5.74) is 2.59. The highest BCUT2D eigenvalue weighted by atomic mass is 16.5. The van der Waals surface area contributed by atoms with E-state index in [2.05, 4.69) is 39.5 Å². The molecule has 170 valence electrons. The van der Waals surface area contributed by atoms with Gasteiger partial charge in [0.15, 0.2) is 5.96 Å². The summed E-state index contributed by atoms with van der Waals surface area (Å²) < 4.78 is 11.2. The quantitative estimate of drug-likeness (QED) is 0.372. The van der Waals surface area contributed by atoms with Crippen molar-refractivity contribution in [2.45, 2.75) is 38.0 Å². The van der Waals surface area contributed by atoms with Gasteiger partial charge in [0.25, 0.3) is 0 Å². The van der Waals surface area contributed by atoms with Gasteiger partial charge >= 0.3 is 0 Å². The Bertz CT molecular complexity index is 763. The van der Waals surface area contributed by atoms with Gasteiger partial charge in [-0.1, -0.05) is 18.2 Å². The fourth-order valence-electron chi connectivity index (χ4n) is 4.83. The van der Waals surface area contributed by atoms with Crippen molar-refractivity contribution >= 4 is 17.6 Å². The summed E-state index contributed by atoms with van der Waals surface area (Å²) in [4.78, 5) is 20.8. The number of nitrogens with one attached hydrogen (secondary N) is 1. The number of benzene rings is 1. The van der Waals surface area contributed by atoms with Crippen LogP contribution in [0.5, 0.6) is 0 Å². The van der Waals surface area contributed by atoms with Gasteiger partial charge in [0.1, 0.15) is 0 Å². The fraction of sp³-hybridized carbons (Fsp3) is 0.667. The Morgan fingerprint density at radius 1 is 1.35 bits per heavy atom. The molecule has 0 aliphatic carbocycles. The third kappa shape index (κ3) is 5.57. The van der Waals surface area contributed by atoms with Gasteiger partial charge in [0.2, 0.25) is 5.91 Å². The van der Waals surface area contributed by atoms with Crippen LogP contribution in [-0.2, 0) is 14.3 Å². The minimum Gasteiger partial charge on any atom is -0.381 e. The van der Waals surface area contributed by atoms with Crippen LogP contribution in [0.4, 0.5) is 5.69 Å². The number of likely N-dealkylation sites (tertiary alicyclic amines) is 1. The number of ether oxygens (including phenoxy) is 2. The number of guanidine groups is 1. The van der Waals surface area contributed by atoms with Crippen molar-refractivity contribution in [2.75, 3.05) is 64.6 Å². The number of hydrogen-bond donors (Lipinski definition) is 1. The predicted molar refractivity (Wildman–Crippen MR) is 123 cm³/mol. The van der Waals surface area contributed by atoms with Crippen LogP contribution in [0.25, 0.3) is 0 Å². The van der Waals surface area contributed by atoms with E-state index in [1.54, 1.807) is 0 Å². The summed E-state index contributed by atoms with van der Waals surface area (Å²) in [7, 11) is 1.85. The molecule has 3 heterocycles. The second-order valence-electron chi connectivity index (χ2n) is 8.77. The van der Waals surface area contributed by atoms with E-state index in [-0.39, 0.29) is 0 Å². The van der Waals surface area contributed by atoms with Crippen LogP contribution in [0, 0.1) is 5.92 Å². The first kappa shape index (κ1) is 22.1. The second-order valence-corrected chi connectivity index (χ2v) is 8.77. The van der Waals surface area contributed by atoms with Crippen molar-refractivity contribution in [3.8, 4) is 0 Å². The van der Waals surface area contributed by atoms with Gasteiger partial charge in [-0.15, -0.1) is 0 Å². The predicted octanol–water partition coefficient (Wildman–Crippen LogP) is 2.62. The number of carbonyl (C=O) groups excluding carboxylic acids is 1. The Labute approximate surface area is 185 Å². The van der Waals surface area contributed by atoms with E-state index in [9.17, 15) is 4.79 Å². The van der Waals surface area contributed by atoms with Crippen molar-refractivity contribution in [3.05, 3.63) is 29.8 Å². The molecule has 31 heavy (non-hydrogen) atoms. The molecule has 4 rings (SSSR count). The van der Waals surface area contributed by atoms with Gasteiger partial charge in [-0.3, -0.25) is 9.79 Å². The molecule has 2 atom stereocenters. The first-order chi connectivity index (χ1) is 15.3. The van der Waals surface area contributed by atoms with E-state index in [1.165, 1.54) is 11.3 Å². The van der Waals surface area contributed by atoms with E-state index in [0.717, 1.165) is 84.2 Å². The molecule has 7 nitrogen and oxygen atoms in total. The Kier molecular flexibility index (Phi) is 7.81. The molecule has 0 radical (unpaired) electrons. The van der Waals surface area contributed by atoms with Crippen LogP contribution in [0.1, 0.15) is 43.6 Å². The van der Waals surface area contributed by atoms with Crippen molar-refractivity contribution in [3.63, 3.8) is 0 Å². The van der Waals surface area contributed by atoms with Gasteiger partial charge in [-0.05, 0) is 37.3 Å². The zero-order valence-corrected chi connectivity index (χ0v) is 18.7. The minimum absolute atomic E-state index is 0.309. The average molecular weight is 429 g/mol. The molecule has 0 bridgehead atoms. The second kappa shape index (κ2) is 11.0. The number of anilines is 1. The highest BCUT2D eigenvalue weighted by Gasteiger charge is 2.32. The van der Waals surface area contributed by atoms with Crippen LogP contribution in [0.2, 0.25) is 0 Å². The van der Waals surface area contributed by atoms with Crippen molar-refractivity contribution in [1.82, 2.24) is 10.2 Å². The number of para-hydroxylation sites is 1. The third-order valence-electron chi connectivity index (χ3n) is 6.58. The molecule has 0 aromatic heterocycles. The summed E-state index contributed by atoms with van der Waals surface area (Å²) in [6.45, 7) is 6.76. The highest BCUT2D eigenvalue weighted by molar-refractivity contribution is 5.98. The zero-order chi connectivity index (χ0) is 21.5. The van der Waals surface area contributed by atoms with E-state index in [0.29, 0.717) is 24.2 Å². The normalized spacial score (nSPS) is 23.6. The maximum Gasteiger partial charge on any atom is 0.222 e. The fourth-order valence-corrected chi connectivity index (χ4v) is 4.83. The lowest BCUT2D eigenvalue weighted by molar-refractivity contribution is -0.127. The first-order valence-electron chi connectivity index (χ1n) is 11.8. The summed E-state index contributed by atoms with van der Waals surface area (Å²) in [5.74, 6) is 2.20. The number of amides is 1. The van der Waals surface area contributed by atoms with E-state index in [4.69, 9.17) is 9.47 Å². The SMILES string of the molecule is CN=C(NCCCOCC1CCOC1)N1CC(CCN2CCCC2=O)c2ccccc21. The van der Waals surface area contributed by atoms with Gasteiger partial charge in [-0.25, -0.2) is 0 Å². The third-order valence-corrected chi connectivity index (χ3v) is 6.58. The summed E-state index contributed by atoms with van der Waals surface area (Å²) in [6.07, 6.45) is 4.77.